The third-order valence-corrected chi connectivity index (χ3v) is 6.27. The molecule has 3 heterocycles. The molecule has 35 heavy (non-hydrogen) atoms. The lowest BCUT2D eigenvalue weighted by Gasteiger charge is -2.29. The largest absolute Gasteiger partial charge is 0.378 e. The molecule has 0 bridgehead atoms. The molecule has 1 saturated carbocycles. The maximum atomic E-state index is 12.9. The number of ether oxygens (including phenoxy) is 1. The van der Waals surface area contributed by atoms with Crippen LogP contribution >= 0.6 is 0 Å². The summed E-state index contributed by atoms with van der Waals surface area (Å²) in [4.78, 5) is 28.8. The van der Waals surface area contributed by atoms with Crippen LogP contribution in [0.5, 0.6) is 0 Å². The molecule has 8 nitrogen and oxygen atoms in total. The number of aryl methyl sites for hydroxylation is 1. The van der Waals surface area contributed by atoms with Crippen LogP contribution in [-0.2, 0) is 4.74 Å². The summed E-state index contributed by atoms with van der Waals surface area (Å²) in [5, 5.41) is 6.45. The van der Waals surface area contributed by atoms with E-state index in [4.69, 9.17) is 9.72 Å². The maximum Gasteiger partial charge on any atom is 0.275 e. The molecule has 0 unspecified atom stereocenters. The molecule has 1 saturated heterocycles. The van der Waals surface area contributed by atoms with Crippen molar-refractivity contribution in [2.45, 2.75) is 45.6 Å². The first-order valence-electron chi connectivity index (χ1n) is 12.3. The number of hydrogen-bond acceptors (Lipinski definition) is 7. The van der Waals surface area contributed by atoms with Crippen LogP contribution < -0.4 is 15.5 Å². The summed E-state index contributed by atoms with van der Waals surface area (Å²) in [5.41, 5.74) is 5.18. The Hall–Kier alpha value is -3.52. The molecular weight excluding hydrogens is 440 g/mol. The molecule has 0 spiro atoms. The maximum absolute atomic E-state index is 12.9. The fourth-order valence-corrected chi connectivity index (χ4v) is 4.27. The Morgan fingerprint density at radius 2 is 1.89 bits per heavy atom. The Labute approximate surface area is 206 Å². The van der Waals surface area contributed by atoms with E-state index in [0.717, 1.165) is 65.6 Å². The number of nitrogens with zero attached hydrogens (tertiary/aromatic N) is 4. The van der Waals surface area contributed by atoms with Gasteiger partial charge in [-0.05, 0) is 74.6 Å². The lowest BCUT2D eigenvalue weighted by Crippen LogP contribution is -2.36. The highest BCUT2D eigenvalue weighted by Crippen LogP contribution is 2.38. The zero-order valence-corrected chi connectivity index (χ0v) is 20.5. The average molecular weight is 473 g/mol. The number of carbonyl (C=O) groups excluding carboxylic acids is 1. The first-order valence-corrected chi connectivity index (χ1v) is 12.3. The highest BCUT2D eigenvalue weighted by atomic mass is 16.5. The number of aromatic nitrogens is 3. The summed E-state index contributed by atoms with van der Waals surface area (Å²) in [6.45, 7) is 9.31. The van der Waals surface area contributed by atoms with Gasteiger partial charge in [0.05, 0.1) is 25.1 Å². The fraction of sp³-hybridized carbons (Fsp3) is 0.407. The van der Waals surface area contributed by atoms with Crippen LogP contribution in [0.3, 0.4) is 0 Å². The van der Waals surface area contributed by atoms with E-state index >= 15 is 0 Å². The number of carbonyl (C=O) groups is 1. The molecule has 182 valence electrons. The number of rotatable bonds is 7. The van der Waals surface area contributed by atoms with Gasteiger partial charge in [0.15, 0.2) is 0 Å². The van der Waals surface area contributed by atoms with Gasteiger partial charge in [0.1, 0.15) is 17.3 Å². The minimum Gasteiger partial charge on any atom is -0.378 e. The predicted octanol–water partition coefficient (Wildman–Crippen LogP) is 4.63. The lowest BCUT2D eigenvalue weighted by atomic mass is 10.00. The van der Waals surface area contributed by atoms with Crippen LogP contribution in [0, 0.1) is 6.92 Å². The number of amides is 1. The number of pyridine rings is 1. The van der Waals surface area contributed by atoms with Crippen molar-refractivity contribution >= 4 is 23.2 Å². The molecule has 0 atom stereocenters. The van der Waals surface area contributed by atoms with Crippen molar-refractivity contribution in [3.63, 3.8) is 0 Å². The standard InChI is InChI=1S/C27H32N6O2/c1-17(2)29-25-12-20(13-26(32-25)33-8-10-35-11-9-33)22-14-21(7-4-18(22)3)30-27(34)24-16-28-15-23(31-24)19-5-6-19/h4,7,12-17,19H,5-6,8-11H2,1-3H3,(H,29,32)(H,30,34). The van der Waals surface area contributed by atoms with Gasteiger partial charge in [0.2, 0.25) is 0 Å². The molecule has 8 heteroatoms. The van der Waals surface area contributed by atoms with Gasteiger partial charge in [0, 0.05) is 36.9 Å². The van der Waals surface area contributed by atoms with Gasteiger partial charge < -0.3 is 20.3 Å². The molecule has 1 aromatic carbocycles. The number of hydrogen-bond donors (Lipinski definition) is 2. The molecule has 3 aromatic rings. The van der Waals surface area contributed by atoms with Gasteiger partial charge in [-0.2, -0.15) is 0 Å². The predicted molar refractivity (Wildman–Crippen MR) is 138 cm³/mol. The van der Waals surface area contributed by atoms with Gasteiger partial charge in [-0.25, -0.2) is 9.97 Å². The summed E-state index contributed by atoms with van der Waals surface area (Å²) in [6, 6.07) is 10.4. The van der Waals surface area contributed by atoms with Crippen LogP contribution in [0.15, 0.2) is 42.7 Å². The van der Waals surface area contributed by atoms with E-state index in [2.05, 4.69) is 58.4 Å². The summed E-state index contributed by atoms with van der Waals surface area (Å²) in [5.74, 6) is 1.96. The SMILES string of the molecule is Cc1ccc(NC(=O)c2cncc(C3CC3)n2)cc1-c1cc(NC(C)C)nc(N2CCOCC2)c1. The topological polar surface area (TPSA) is 92.3 Å². The molecule has 2 fully saturated rings. The van der Waals surface area contributed by atoms with Crippen LogP contribution in [0.4, 0.5) is 17.3 Å². The van der Waals surface area contributed by atoms with Gasteiger partial charge in [-0.1, -0.05) is 6.07 Å². The Morgan fingerprint density at radius 1 is 1.09 bits per heavy atom. The van der Waals surface area contributed by atoms with Crippen molar-refractivity contribution in [3.05, 3.63) is 59.7 Å². The zero-order chi connectivity index (χ0) is 24.4. The number of benzene rings is 1. The van der Waals surface area contributed by atoms with Crippen molar-refractivity contribution in [3.8, 4) is 11.1 Å². The third-order valence-electron chi connectivity index (χ3n) is 6.27. The van der Waals surface area contributed by atoms with Crippen molar-refractivity contribution in [2.75, 3.05) is 41.8 Å². The molecule has 5 rings (SSSR count). The van der Waals surface area contributed by atoms with E-state index in [-0.39, 0.29) is 11.9 Å². The Morgan fingerprint density at radius 3 is 2.63 bits per heavy atom. The first kappa shape index (κ1) is 23.2. The third kappa shape index (κ3) is 5.59. The van der Waals surface area contributed by atoms with Crippen molar-refractivity contribution in [1.82, 2.24) is 15.0 Å². The highest BCUT2D eigenvalue weighted by Gasteiger charge is 2.26. The van der Waals surface area contributed by atoms with E-state index < -0.39 is 0 Å². The van der Waals surface area contributed by atoms with Crippen molar-refractivity contribution in [2.24, 2.45) is 0 Å². The summed E-state index contributed by atoms with van der Waals surface area (Å²) in [7, 11) is 0. The highest BCUT2D eigenvalue weighted by molar-refractivity contribution is 6.03. The van der Waals surface area contributed by atoms with E-state index in [0.29, 0.717) is 24.8 Å². The molecule has 2 N–H and O–H groups in total. The van der Waals surface area contributed by atoms with Crippen molar-refractivity contribution in [1.29, 1.82) is 0 Å². The van der Waals surface area contributed by atoms with Crippen LogP contribution in [0.2, 0.25) is 0 Å². The van der Waals surface area contributed by atoms with Crippen LogP contribution in [-0.4, -0.2) is 53.2 Å². The van der Waals surface area contributed by atoms with E-state index in [1.807, 2.05) is 18.2 Å². The molecule has 1 amide bonds. The van der Waals surface area contributed by atoms with E-state index in [1.165, 1.54) is 6.20 Å². The summed E-state index contributed by atoms with van der Waals surface area (Å²) in [6.07, 6.45) is 5.52. The molecule has 0 radical (unpaired) electrons. The molecule has 1 aliphatic heterocycles. The first-order chi connectivity index (χ1) is 17.0. The van der Waals surface area contributed by atoms with Gasteiger partial charge >= 0.3 is 0 Å². The number of nitrogens with one attached hydrogen (secondary N) is 2. The number of morpholine rings is 1. The monoisotopic (exact) mass is 472 g/mol. The van der Waals surface area contributed by atoms with E-state index in [9.17, 15) is 4.79 Å². The molecule has 2 aromatic heterocycles. The summed E-state index contributed by atoms with van der Waals surface area (Å²) < 4.78 is 5.53. The molecular formula is C27H32N6O2. The Bertz CT molecular complexity index is 1220. The second kappa shape index (κ2) is 10.00. The number of anilines is 3. The Kier molecular flexibility index (Phi) is 6.63. The van der Waals surface area contributed by atoms with Gasteiger partial charge in [-0.3, -0.25) is 9.78 Å². The van der Waals surface area contributed by atoms with Crippen LogP contribution in [0.1, 0.15) is 54.4 Å². The van der Waals surface area contributed by atoms with Gasteiger partial charge in [0.25, 0.3) is 5.91 Å². The molecule has 2 aliphatic rings. The second-order valence-electron chi connectivity index (χ2n) is 9.58. The molecule has 1 aliphatic carbocycles. The smallest absolute Gasteiger partial charge is 0.275 e. The second-order valence-corrected chi connectivity index (χ2v) is 9.58. The normalized spacial score (nSPS) is 15.8. The lowest BCUT2D eigenvalue weighted by molar-refractivity contribution is 0.102. The van der Waals surface area contributed by atoms with E-state index in [1.54, 1.807) is 6.20 Å². The minimum atomic E-state index is -0.249. The quantitative estimate of drug-likeness (QED) is 0.518. The zero-order valence-electron chi connectivity index (χ0n) is 20.5. The summed E-state index contributed by atoms with van der Waals surface area (Å²) >= 11 is 0. The van der Waals surface area contributed by atoms with Gasteiger partial charge in [-0.15, -0.1) is 0 Å². The van der Waals surface area contributed by atoms with Crippen molar-refractivity contribution < 1.29 is 9.53 Å². The Balaban J connectivity index is 1.44. The average Bonchev–Trinajstić information content (AvgIpc) is 3.71. The van der Waals surface area contributed by atoms with Crippen LogP contribution in [0.25, 0.3) is 11.1 Å². The minimum absolute atomic E-state index is 0.249. The fourth-order valence-electron chi connectivity index (χ4n) is 4.27.